The van der Waals surface area contributed by atoms with Crippen LogP contribution in [0.2, 0.25) is 0 Å². The summed E-state index contributed by atoms with van der Waals surface area (Å²) in [7, 11) is 0. The third-order valence-electron chi connectivity index (χ3n) is 3.70. The molecule has 0 aliphatic rings. The number of hydrogen-bond donors (Lipinski definition) is 2. The van der Waals surface area contributed by atoms with E-state index in [4.69, 9.17) is 12.2 Å². The predicted octanol–water partition coefficient (Wildman–Crippen LogP) is 3.58. The van der Waals surface area contributed by atoms with Gasteiger partial charge in [0.05, 0.1) is 4.92 Å². The molecule has 0 saturated carbocycles. The summed E-state index contributed by atoms with van der Waals surface area (Å²) in [5.74, 6) is 0. The van der Waals surface area contributed by atoms with Crippen LogP contribution in [0.1, 0.15) is 11.1 Å². The first-order chi connectivity index (χ1) is 11.1. The van der Waals surface area contributed by atoms with Crippen molar-refractivity contribution in [1.82, 2.24) is 10.3 Å². The second-order valence-electron chi connectivity index (χ2n) is 5.17. The molecule has 0 fully saturated rings. The van der Waals surface area contributed by atoms with E-state index in [2.05, 4.69) is 16.4 Å². The van der Waals surface area contributed by atoms with E-state index in [9.17, 15) is 10.1 Å². The summed E-state index contributed by atoms with van der Waals surface area (Å²) in [5.41, 5.74) is 3.21. The van der Waals surface area contributed by atoms with E-state index in [1.165, 1.54) is 23.1 Å². The molecule has 0 bridgehead atoms. The summed E-state index contributed by atoms with van der Waals surface area (Å²) in [6.07, 6.45) is 2.86. The van der Waals surface area contributed by atoms with E-state index >= 15 is 0 Å². The number of aromatic amines is 1. The minimum Gasteiger partial charge on any atom is -0.375 e. The number of thiocarbonyl (C=S) groups is 1. The van der Waals surface area contributed by atoms with E-state index in [-0.39, 0.29) is 5.69 Å². The van der Waals surface area contributed by atoms with Crippen LogP contribution in [0.5, 0.6) is 0 Å². The second kappa shape index (κ2) is 6.58. The van der Waals surface area contributed by atoms with Gasteiger partial charge in [-0.2, -0.15) is 0 Å². The van der Waals surface area contributed by atoms with Crippen molar-refractivity contribution < 1.29 is 4.92 Å². The Bertz CT molecular complexity index is 856. The molecule has 116 valence electrons. The lowest BCUT2D eigenvalue weighted by Crippen LogP contribution is -2.24. The number of rotatable bonds is 5. The van der Waals surface area contributed by atoms with Crippen LogP contribution in [-0.4, -0.2) is 21.4 Å². The lowest BCUT2D eigenvalue weighted by molar-refractivity contribution is -0.384. The number of para-hydroxylation sites is 1. The highest BCUT2D eigenvalue weighted by atomic mass is 32.1. The fourth-order valence-corrected chi connectivity index (χ4v) is 2.72. The number of nitrogens with zero attached hydrogens (tertiary/aromatic N) is 1. The number of benzene rings is 2. The molecule has 3 aromatic rings. The zero-order valence-electron chi connectivity index (χ0n) is 12.3. The molecule has 6 heteroatoms. The van der Waals surface area contributed by atoms with Gasteiger partial charge in [0, 0.05) is 41.3 Å². The van der Waals surface area contributed by atoms with Gasteiger partial charge >= 0.3 is 0 Å². The van der Waals surface area contributed by atoms with Gasteiger partial charge in [-0.05, 0) is 30.2 Å². The van der Waals surface area contributed by atoms with Gasteiger partial charge in [0.2, 0.25) is 0 Å². The zero-order chi connectivity index (χ0) is 16.2. The Balaban J connectivity index is 1.60. The fraction of sp³-hybridized carbons (Fsp3) is 0.118. The number of aromatic nitrogens is 1. The van der Waals surface area contributed by atoms with Crippen LogP contribution in [0.25, 0.3) is 10.9 Å². The highest BCUT2D eigenvalue weighted by Gasteiger charge is 2.07. The van der Waals surface area contributed by atoms with Crippen LogP contribution in [0.3, 0.4) is 0 Å². The Morgan fingerprint density at radius 1 is 1.17 bits per heavy atom. The Hall–Kier alpha value is -2.73. The van der Waals surface area contributed by atoms with Crippen LogP contribution < -0.4 is 5.32 Å². The third kappa shape index (κ3) is 3.37. The van der Waals surface area contributed by atoms with Crippen LogP contribution >= 0.6 is 12.2 Å². The van der Waals surface area contributed by atoms with Crippen molar-refractivity contribution in [2.75, 3.05) is 6.54 Å². The van der Waals surface area contributed by atoms with Crippen molar-refractivity contribution in [3.05, 3.63) is 76.0 Å². The molecule has 1 heterocycles. The molecule has 0 radical (unpaired) electrons. The van der Waals surface area contributed by atoms with Crippen molar-refractivity contribution in [1.29, 1.82) is 0 Å². The quantitative estimate of drug-likeness (QED) is 0.427. The van der Waals surface area contributed by atoms with Gasteiger partial charge in [-0.3, -0.25) is 10.1 Å². The number of nitro groups is 1. The maximum absolute atomic E-state index is 10.6. The topological polar surface area (TPSA) is 71.0 Å². The SMILES string of the molecule is O=[N+]([O-])c1ccc(C(=S)NCCc2c[nH]c3ccccc23)cc1. The van der Waals surface area contributed by atoms with Gasteiger partial charge in [0.15, 0.2) is 0 Å². The van der Waals surface area contributed by atoms with E-state index in [0.717, 1.165) is 17.5 Å². The number of hydrogen-bond acceptors (Lipinski definition) is 3. The van der Waals surface area contributed by atoms with Gasteiger partial charge in [-0.15, -0.1) is 0 Å². The number of H-pyrrole nitrogens is 1. The van der Waals surface area contributed by atoms with Gasteiger partial charge in [-0.1, -0.05) is 30.4 Å². The Labute approximate surface area is 138 Å². The molecule has 3 rings (SSSR count). The van der Waals surface area contributed by atoms with Gasteiger partial charge < -0.3 is 10.3 Å². The molecule has 2 aromatic carbocycles. The number of nitrogens with one attached hydrogen (secondary N) is 2. The Morgan fingerprint density at radius 3 is 2.65 bits per heavy atom. The molecule has 0 amide bonds. The molecule has 0 unspecified atom stereocenters. The zero-order valence-corrected chi connectivity index (χ0v) is 13.1. The minimum absolute atomic E-state index is 0.0651. The standard InChI is InChI=1S/C17H15N3O2S/c21-20(22)14-7-5-12(6-8-14)17(23)18-10-9-13-11-19-16-4-2-1-3-15(13)16/h1-8,11,19H,9-10H2,(H,18,23). The summed E-state index contributed by atoms with van der Waals surface area (Å²) in [4.78, 5) is 14.1. The van der Waals surface area contributed by atoms with E-state index in [1.54, 1.807) is 12.1 Å². The lowest BCUT2D eigenvalue weighted by Gasteiger charge is -2.07. The van der Waals surface area contributed by atoms with Crippen molar-refractivity contribution >= 4 is 33.8 Å². The van der Waals surface area contributed by atoms with E-state index in [1.807, 2.05) is 24.4 Å². The van der Waals surface area contributed by atoms with Crippen molar-refractivity contribution in [2.24, 2.45) is 0 Å². The van der Waals surface area contributed by atoms with Gasteiger partial charge in [-0.25, -0.2) is 0 Å². The maximum atomic E-state index is 10.6. The van der Waals surface area contributed by atoms with Crippen LogP contribution in [0.15, 0.2) is 54.7 Å². The predicted molar refractivity (Wildman–Crippen MR) is 94.8 cm³/mol. The minimum atomic E-state index is -0.419. The van der Waals surface area contributed by atoms with Crippen LogP contribution in [0.4, 0.5) is 5.69 Å². The Kier molecular flexibility index (Phi) is 4.34. The number of non-ortho nitro benzene ring substituents is 1. The lowest BCUT2D eigenvalue weighted by atomic mass is 10.1. The maximum Gasteiger partial charge on any atom is 0.269 e. The summed E-state index contributed by atoms with van der Waals surface area (Å²) in [6.45, 7) is 0.706. The molecule has 0 atom stereocenters. The normalized spacial score (nSPS) is 10.6. The monoisotopic (exact) mass is 325 g/mol. The van der Waals surface area contributed by atoms with Crippen LogP contribution in [-0.2, 0) is 6.42 Å². The molecule has 0 aliphatic heterocycles. The Morgan fingerprint density at radius 2 is 1.91 bits per heavy atom. The van der Waals surface area contributed by atoms with E-state index < -0.39 is 4.92 Å². The van der Waals surface area contributed by atoms with E-state index in [0.29, 0.717) is 11.5 Å². The first kappa shape index (κ1) is 15.2. The van der Waals surface area contributed by atoms with Crippen LogP contribution in [0, 0.1) is 10.1 Å². The highest BCUT2D eigenvalue weighted by Crippen LogP contribution is 2.18. The summed E-state index contributed by atoms with van der Waals surface area (Å²) in [6, 6.07) is 14.4. The molecule has 2 N–H and O–H groups in total. The second-order valence-corrected chi connectivity index (χ2v) is 5.58. The van der Waals surface area contributed by atoms with Crippen molar-refractivity contribution in [3.63, 3.8) is 0 Å². The first-order valence-corrected chi connectivity index (χ1v) is 7.63. The first-order valence-electron chi connectivity index (χ1n) is 7.23. The molecule has 5 nitrogen and oxygen atoms in total. The molecule has 23 heavy (non-hydrogen) atoms. The highest BCUT2D eigenvalue weighted by molar-refractivity contribution is 7.80. The molecular formula is C17H15N3O2S. The molecule has 0 saturated heterocycles. The van der Waals surface area contributed by atoms with Crippen molar-refractivity contribution in [2.45, 2.75) is 6.42 Å². The number of nitro benzene ring substituents is 1. The fourth-order valence-electron chi connectivity index (χ4n) is 2.49. The molecule has 0 spiro atoms. The average molecular weight is 325 g/mol. The molecule has 1 aromatic heterocycles. The largest absolute Gasteiger partial charge is 0.375 e. The summed E-state index contributed by atoms with van der Waals surface area (Å²) >= 11 is 5.33. The number of fused-ring (bicyclic) bond motifs is 1. The third-order valence-corrected chi connectivity index (χ3v) is 4.08. The summed E-state index contributed by atoms with van der Waals surface area (Å²) < 4.78 is 0. The molecular weight excluding hydrogens is 310 g/mol. The smallest absolute Gasteiger partial charge is 0.269 e. The van der Waals surface area contributed by atoms with Gasteiger partial charge in [0.25, 0.3) is 5.69 Å². The average Bonchev–Trinajstić information content (AvgIpc) is 2.98. The summed E-state index contributed by atoms with van der Waals surface area (Å²) in [5, 5.41) is 15.1. The van der Waals surface area contributed by atoms with Crippen molar-refractivity contribution in [3.8, 4) is 0 Å². The van der Waals surface area contributed by atoms with Gasteiger partial charge in [0.1, 0.15) is 4.99 Å². The molecule has 0 aliphatic carbocycles.